The van der Waals surface area contributed by atoms with Gasteiger partial charge in [-0.1, -0.05) is 48.0 Å². The second kappa shape index (κ2) is 7.55. The Morgan fingerprint density at radius 2 is 1.53 bits per heavy atom. The van der Waals surface area contributed by atoms with Crippen LogP contribution in [0, 0.1) is 18.6 Å². The molecule has 3 aromatic rings. The molecule has 3 aromatic carbocycles. The lowest BCUT2D eigenvalue weighted by Gasteiger charge is -2.25. The maximum atomic E-state index is 14.7. The third-order valence-electron chi connectivity index (χ3n) is 5.07. The van der Waals surface area contributed by atoms with Crippen molar-refractivity contribution in [3.05, 3.63) is 107 Å². The highest BCUT2D eigenvalue weighted by Gasteiger charge is 2.47. The summed E-state index contributed by atoms with van der Waals surface area (Å²) in [5.41, 5.74) is 1.32. The molecule has 4 nitrogen and oxygen atoms in total. The average molecular weight is 405 g/mol. The molecule has 0 aliphatic carbocycles. The third kappa shape index (κ3) is 3.26. The van der Waals surface area contributed by atoms with Gasteiger partial charge in [0, 0.05) is 16.8 Å². The fraction of sp³-hybridized carbons (Fsp3) is 0.0833. The van der Waals surface area contributed by atoms with Crippen molar-refractivity contribution in [2.75, 3.05) is 4.90 Å². The number of carbonyl (C=O) groups is 2. The summed E-state index contributed by atoms with van der Waals surface area (Å²) < 4.78 is 28.1. The van der Waals surface area contributed by atoms with Gasteiger partial charge in [-0.15, -0.1) is 0 Å². The number of hydrogen-bond acceptors (Lipinski definition) is 3. The molecule has 4 rings (SSSR count). The second-order valence-electron chi connectivity index (χ2n) is 7.03. The van der Waals surface area contributed by atoms with E-state index < -0.39 is 35.1 Å². The molecule has 30 heavy (non-hydrogen) atoms. The molecule has 0 bridgehead atoms. The molecule has 1 atom stereocenters. The zero-order chi connectivity index (χ0) is 21.4. The molecule has 1 aliphatic rings. The number of ketones is 1. The summed E-state index contributed by atoms with van der Waals surface area (Å²) in [7, 11) is 0. The lowest BCUT2D eigenvalue weighted by atomic mass is 9.94. The molecule has 1 amide bonds. The van der Waals surface area contributed by atoms with Crippen LogP contribution in [0.3, 0.4) is 0 Å². The summed E-state index contributed by atoms with van der Waals surface area (Å²) >= 11 is 0. The van der Waals surface area contributed by atoms with Crippen LogP contribution in [0.5, 0.6) is 0 Å². The van der Waals surface area contributed by atoms with Gasteiger partial charge in [-0.25, -0.2) is 8.78 Å². The highest BCUT2D eigenvalue weighted by atomic mass is 19.1. The lowest BCUT2D eigenvalue weighted by molar-refractivity contribution is -0.132. The van der Waals surface area contributed by atoms with Crippen LogP contribution in [-0.4, -0.2) is 16.8 Å². The standard InChI is InChI=1S/C24H17F2NO3/c1-14-6-8-15(9-7-14)22(28)20-21(18-4-2-3-5-19(18)26)27(24(30)23(20)29)17-12-10-16(25)11-13-17/h2-13,21,28H,1H3/t21-/m1/s1. The van der Waals surface area contributed by atoms with Gasteiger partial charge in [-0.2, -0.15) is 0 Å². The van der Waals surface area contributed by atoms with Crippen LogP contribution in [0.1, 0.15) is 22.7 Å². The van der Waals surface area contributed by atoms with Gasteiger partial charge in [0.05, 0.1) is 11.6 Å². The number of hydrogen-bond donors (Lipinski definition) is 1. The van der Waals surface area contributed by atoms with Crippen molar-refractivity contribution in [1.29, 1.82) is 0 Å². The summed E-state index contributed by atoms with van der Waals surface area (Å²) in [5.74, 6) is -3.41. The largest absolute Gasteiger partial charge is 0.507 e. The van der Waals surface area contributed by atoms with Crippen molar-refractivity contribution in [1.82, 2.24) is 0 Å². The number of aryl methyl sites for hydroxylation is 1. The Bertz CT molecular complexity index is 1170. The predicted molar refractivity (Wildman–Crippen MR) is 109 cm³/mol. The van der Waals surface area contributed by atoms with E-state index in [2.05, 4.69) is 0 Å². The van der Waals surface area contributed by atoms with Crippen LogP contribution in [0.2, 0.25) is 0 Å². The number of Topliss-reactive ketones (excluding diaryl/α,β-unsaturated/α-hetero) is 1. The molecule has 0 aromatic heterocycles. The summed E-state index contributed by atoms with van der Waals surface area (Å²) in [4.78, 5) is 26.9. The molecule has 6 heteroatoms. The van der Waals surface area contributed by atoms with Crippen LogP contribution < -0.4 is 4.90 Å². The van der Waals surface area contributed by atoms with E-state index in [1.165, 1.54) is 30.3 Å². The van der Waals surface area contributed by atoms with Crippen LogP contribution in [-0.2, 0) is 9.59 Å². The van der Waals surface area contributed by atoms with Crippen molar-refractivity contribution in [3.8, 4) is 0 Å². The fourth-order valence-corrected chi connectivity index (χ4v) is 3.56. The first-order chi connectivity index (χ1) is 14.4. The van der Waals surface area contributed by atoms with Crippen LogP contribution in [0.15, 0.2) is 78.4 Å². The Kier molecular flexibility index (Phi) is 4.91. The predicted octanol–water partition coefficient (Wildman–Crippen LogP) is 4.90. The summed E-state index contributed by atoms with van der Waals surface area (Å²) in [5, 5.41) is 10.9. The molecule has 0 radical (unpaired) electrons. The minimum atomic E-state index is -1.20. The SMILES string of the molecule is Cc1ccc(C(O)=C2C(=O)C(=O)N(c3ccc(F)cc3)[C@@H]2c2ccccc2F)cc1. The first-order valence-corrected chi connectivity index (χ1v) is 9.26. The highest BCUT2D eigenvalue weighted by molar-refractivity contribution is 6.51. The topological polar surface area (TPSA) is 57.6 Å². The second-order valence-corrected chi connectivity index (χ2v) is 7.03. The third-order valence-corrected chi connectivity index (χ3v) is 5.07. The molecule has 1 saturated heterocycles. The van der Waals surface area contributed by atoms with Gasteiger partial charge < -0.3 is 5.11 Å². The van der Waals surface area contributed by atoms with Crippen molar-refractivity contribution in [2.45, 2.75) is 13.0 Å². The van der Waals surface area contributed by atoms with Gasteiger partial charge in [0.25, 0.3) is 11.7 Å². The Hall–Kier alpha value is -3.80. The molecule has 1 heterocycles. The van der Waals surface area contributed by atoms with Crippen LogP contribution in [0.25, 0.3) is 5.76 Å². The van der Waals surface area contributed by atoms with E-state index in [1.807, 2.05) is 6.92 Å². The lowest BCUT2D eigenvalue weighted by Crippen LogP contribution is -2.29. The number of aliphatic hydroxyl groups excluding tert-OH is 1. The smallest absolute Gasteiger partial charge is 0.300 e. The highest BCUT2D eigenvalue weighted by Crippen LogP contribution is 2.42. The fourth-order valence-electron chi connectivity index (χ4n) is 3.56. The molecule has 0 saturated carbocycles. The maximum Gasteiger partial charge on any atom is 0.300 e. The summed E-state index contributed by atoms with van der Waals surface area (Å²) in [6.07, 6.45) is 0. The van der Waals surface area contributed by atoms with E-state index in [9.17, 15) is 23.5 Å². The van der Waals surface area contributed by atoms with Crippen molar-refractivity contribution in [2.24, 2.45) is 0 Å². The monoisotopic (exact) mass is 405 g/mol. The van der Waals surface area contributed by atoms with Crippen molar-refractivity contribution >= 4 is 23.1 Å². The van der Waals surface area contributed by atoms with Gasteiger partial charge in [0.1, 0.15) is 17.4 Å². The molecule has 1 fully saturated rings. The number of halogens is 2. The summed E-state index contributed by atoms with van der Waals surface area (Å²) in [6.45, 7) is 1.87. The van der Waals surface area contributed by atoms with Gasteiger partial charge in [-0.3, -0.25) is 14.5 Å². The number of aliphatic hydroxyl groups is 1. The Morgan fingerprint density at radius 3 is 2.17 bits per heavy atom. The minimum absolute atomic E-state index is 0.0506. The number of rotatable bonds is 3. The zero-order valence-electron chi connectivity index (χ0n) is 16.0. The van der Waals surface area contributed by atoms with Gasteiger partial charge in [-0.05, 0) is 37.3 Å². The first kappa shape index (κ1) is 19.5. The van der Waals surface area contributed by atoms with E-state index in [0.29, 0.717) is 5.56 Å². The van der Waals surface area contributed by atoms with Gasteiger partial charge in [0.2, 0.25) is 0 Å². The quantitative estimate of drug-likeness (QED) is 0.383. The van der Waals surface area contributed by atoms with E-state index in [-0.39, 0.29) is 16.8 Å². The van der Waals surface area contributed by atoms with E-state index in [1.54, 1.807) is 30.3 Å². The Morgan fingerprint density at radius 1 is 0.900 bits per heavy atom. The maximum absolute atomic E-state index is 14.7. The Labute approximate surface area is 171 Å². The molecular formula is C24H17F2NO3. The van der Waals surface area contributed by atoms with E-state index >= 15 is 0 Å². The molecule has 1 aliphatic heterocycles. The minimum Gasteiger partial charge on any atom is -0.507 e. The van der Waals surface area contributed by atoms with Crippen LogP contribution in [0.4, 0.5) is 14.5 Å². The van der Waals surface area contributed by atoms with Crippen molar-refractivity contribution < 1.29 is 23.5 Å². The first-order valence-electron chi connectivity index (χ1n) is 9.26. The Balaban J connectivity index is 1.96. The number of amides is 1. The molecular weight excluding hydrogens is 388 g/mol. The number of carbonyl (C=O) groups excluding carboxylic acids is 2. The van der Waals surface area contributed by atoms with Crippen molar-refractivity contribution in [3.63, 3.8) is 0 Å². The average Bonchev–Trinajstić information content (AvgIpc) is 3.00. The number of nitrogens with zero attached hydrogens (tertiary/aromatic N) is 1. The number of anilines is 1. The molecule has 0 spiro atoms. The van der Waals surface area contributed by atoms with E-state index in [0.717, 1.165) is 22.6 Å². The van der Waals surface area contributed by atoms with Crippen LogP contribution >= 0.6 is 0 Å². The normalized spacial score (nSPS) is 18.1. The summed E-state index contributed by atoms with van der Waals surface area (Å²) in [6, 6.07) is 16.2. The van der Waals surface area contributed by atoms with Gasteiger partial charge >= 0.3 is 0 Å². The molecule has 0 unspecified atom stereocenters. The number of benzene rings is 3. The van der Waals surface area contributed by atoms with Gasteiger partial charge in [0.15, 0.2) is 0 Å². The van der Waals surface area contributed by atoms with E-state index in [4.69, 9.17) is 0 Å². The zero-order valence-corrected chi connectivity index (χ0v) is 16.0. The molecule has 150 valence electrons. The molecule has 1 N–H and O–H groups in total.